The van der Waals surface area contributed by atoms with Gasteiger partial charge < -0.3 is 31.1 Å². The smallest absolute Gasteiger partial charge is 0.232 e. The second-order valence-electron chi connectivity index (χ2n) is 13.3. The van der Waals surface area contributed by atoms with Crippen LogP contribution in [0.3, 0.4) is 0 Å². The van der Waals surface area contributed by atoms with Gasteiger partial charge in [-0.05, 0) is 126 Å². The summed E-state index contributed by atoms with van der Waals surface area (Å²) in [5.74, 6) is 4.35. The highest BCUT2D eigenvalue weighted by atomic mass is 16.3. The number of aromatic nitrogens is 6. The number of phenols is 2. The van der Waals surface area contributed by atoms with Crippen LogP contribution in [0.4, 0.5) is 29.2 Å². The molecule has 0 unspecified atom stereocenters. The van der Waals surface area contributed by atoms with Crippen LogP contribution in [-0.4, -0.2) is 71.7 Å². The number of nitrogens with one attached hydrogen (secondary N) is 3. The molecule has 4 aromatic carbocycles. The van der Waals surface area contributed by atoms with Crippen LogP contribution in [0.2, 0.25) is 0 Å². The Labute approximate surface area is 331 Å². The van der Waals surface area contributed by atoms with Gasteiger partial charge in [-0.2, -0.15) is 24.9 Å². The maximum Gasteiger partial charge on any atom is 0.232 e. The van der Waals surface area contributed by atoms with Crippen molar-refractivity contribution in [3.63, 3.8) is 0 Å². The molecular formula is C44H56N10O2. The summed E-state index contributed by atoms with van der Waals surface area (Å²) < 4.78 is 0. The van der Waals surface area contributed by atoms with Gasteiger partial charge in [0.05, 0.1) is 0 Å². The Balaban J connectivity index is 0.000000209. The second kappa shape index (κ2) is 23.6. The summed E-state index contributed by atoms with van der Waals surface area (Å²) in [4.78, 5) is 28.6. The Kier molecular flexibility index (Phi) is 18.0. The van der Waals surface area contributed by atoms with Gasteiger partial charge in [0.1, 0.15) is 29.0 Å². The summed E-state index contributed by atoms with van der Waals surface area (Å²) in [6, 6.07) is 34.1. The molecule has 2 heterocycles. The van der Waals surface area contributed by atoms with Gasteiger partial charge in [0.15, 0.2) is 0 Å². The summed E-state index contributed by atoms with van der Waals surface area (Å²) in [5.41, 5.74) is 4.21. The van der Waals surface area contributed by atoms with Crippen molar-refractivity contribution >= 4 is 29.2 Å². The van der Waals surface area contributed by atoms with Gasteiger partial charge in [-0.25, -0.2) is 4.98 Å². The molecule has 0 aliphatic rings. The van der Waals surface area contributed by atoms with Crippen molar-refractivity contribution in [2.45, 2.75) is 66.2 Å². The molecule has 6 aromatic rings. The molecular weight excluding hydrogens is 701 g/mol. The number of hydrogen-bond acceptors (Lipinski definition) is 12. The lowest BCUT2D eigenvalue weighted by Crippen LogP contribution is -2.19. The van der Waals surface area contributed by atoms with Crippen molar-refractivity contribution in [2.75, 3.05) is 42.6 Å². The van der Waals surface area contributed by atoms with E-state index in [0.29, 0.717) is 41.8 Å². The number of rotatable bonds is 16. The lowest BCUT2D eigenvalue weighted by Gasteiger charge is -2.12. The van der Waals surface area contributed by atoms with Gasteiger partial charge in [-0.1, -0.05) is 74.5 Å². The number of hydrogen-bond donors (Lipinski definition) is 5. The third kappa shape index (κ3) is 16.5. The van der Waals surface area contributed by atoms with E-state index in [1.165, 1.54) is 31.5 Å². The normalized spacial score (nSPS) is 10.5. The Bertz CT molecular complexity index is 1840. The summed E-state index contributed by atoms with van der Waals surface area (Å²) in [6.07, 6.45) is 6.01. The van der Waals surface area contributed by atoms with Gasteiger partial charge in [-0.3, -0.25) is 0 Å². The topological polar surface area (TPSA) is 157 Å². The van der Waals surface area contributed by atoms with Crippen LogP contribution in [0.1, 0.15) is 61.7 Å². The van der Waals surface area contributed by atoms with Crippen LogP contribution in [0.25, 0.3) is 0 Å². The maximum absolute atomic E-state index is 9.31. The standard InChI is InChI=1S/C19H20N4O.C18H19N5O.C7H17N/c1-14-20-18(9-5-6-15-10-12-17(24)13-11-15)23-19(21-14)22-16-7-3-2-4-8-16;1-13-20-17(19-12-11-14-7-9-16(24)10-8-14)23-18(21-13)22-15-5-3-2-4-6-15;1-4-6-8(3)7-5-2/h2-4,7-8,10-13,24H,5-6,9H2,1H3,(H,20,21,22,23);2-10,24H,11-12H2,1H3,(H2,19,20,21,22,23);4-7H2,1-3H3. The first-order valence-corrected chi connectivity index (χ1v) is 19.3. The quantitative estimate of drug-likeness (QED) is 0.0640. The zero-order chi connectivity index (χ0) is 40.0. The van der Waals surface area contributed by atoms with E-state index in [9.17, 15) is 10.2 Å². The fourth-order valence-corrected chi connectivity index (χ4v) is 5.59. The summed E-state index contributed by atoms with van der Waals surface area (Å²) in [7, 11) is 2.17. The van der Waals surface area contributed by atoms with Gasteiger partial charge in [0, 0.05) is 24.3 Å². The average Bonchev–Trinajstić information content (AvgIpc) is 3.18. The lowest BCUT2D eigenvalue weighted by atomic mass is 10.1. The Morgan fingerprint density at radius 3 is 1.50 bits per heavy atom. The molecule has 294 valence electrons. The van der Waals surface area contributed by atoms with Gasteiger partial charge in [0.2, 0.25) is 17.8 Å². The molecule has 6 rings (SSSR count). The first-order chi connectivity index (χ1) is 27.2. The summed E-state index contributed by atoms with van der Waals surface area (Å²) in [5, 5.41) is 28.2. The van der Waals surface area contributed by atoms with E-state index < -0.39 is 0 Å². The highest BCUT2D eigenvalue weighted by molar-refractivity contribution is 5.54. The zero-order valence-electron chi connectivity index (χ0n) is 33.3. The number of nitrogens with zero attached hydrogens (tertiary/aromatic N) is 7. The zero-order valence-corrected chi connectivity index (χ0v) is 33.3. The van der Waals surface area contributed by atoms with Crippen molar-refractivity contribution in [2.24, 2.45) is 0 Å². The van der Waals surface area contributed by atoms with Crippen molar-refractivity contribution in [3.8, 4) is 11.5 Å². The molecule has 2 aromatic heterocycles. The van der Waals surface area contributed by atoms with E-state index in [1.807, 2.05) is 98.8 Å². The largest absolute Gasteiger partial charge is 0.508 e. The molecule has 56 heavy (non-hydrogen) atoms. The summed E-state index contributed by atoms with van der Waals surface area (Å²) >= 11 is 0. The maximum atomic E-state index is 9.31. The first kappa shape index (κ1) is 42.6. The lowest BCUT2D eigenvalue weighted by molar-refractivity contribution is 0.335. The number of aryl methyl sites for hydroxylation is 4. The van der Waals surface area contributed by atoms with E-state index in [0.717, 1.165) is 48.4 Å². The highest BCUT2D eigenvalue weighted by Gasteiger charge is 2.06. The van der Waals surface area contributed by atoms with E-state index in [1.54, 1.807) is 24.3 Å². The molecule has 0 bridgehead atoms. The van der Waals surface area contributed by atoms with Gasteiger partial charge in [0.25, 0.3) is 0 Å². The molecule has 0 saturated heterocycles. The van der Waals surface area contributed by atoms with Crippen LogP contribution in [0.5, 0.6) is 11.5 Å². The van der Waals surface area contributed by atoms with Gasteiger partial charge >= 0.3 is 0 Å². The Hall–Kier alpha value is -6.14. The highest BCUT2D eigenvalue weighted by Crippen LogP contribution is 2.16. The molecule has 0 amide bonds. The minimum Gasteiger partial charge on any atom is -0.508 e. The van der Waals surface area contributed by atoms with Crippen molar-refractivity contribution in [1.29, 1.82) is 0 Å². The fourth-order valence-electron chi connectivity index (χ4n) is 5.59. The van der Waals surface area contributed by atoms with E-state index in [4.69, 9.17) is 0 Å². The Morgan fingerprint density at radius 2 is 0.982 bits per heavy atom. The predicted octanol–water partition coefficient (Wildman–Crippen LogP) is 8.83. The molecule has 5 N–H and O–H groups in total. The third-order valence-electron chi connectivity index (χ3n) is 8.25. The van der Waals surface area contributed by atoms with Crippen molar-refractivity contribution < 1.29 is 10.2 Å². The molecule has 0 aliphatic heterocycles. The van der Waals surface area contributed by atoms with Crippen molar-refractivity contribution in [3.05, 3.63) is 138 Å². The molecule has 0 aliphatic carbocycles. The minimum absolute atomic E-state index is 0.274. The first-order valence-electron chi connectivity index (χ1n) is 19.3. The number of aromatic hydroxyl groups is 2. The summed E-state index contributed by atoms with van der Waals surface area (Å²) in [6.45, 7) is 11.3. The number of anilines is 5. The number of para-hydroxylation sites is 2. The van der Waals surface area contributed by atoms with Gasteiger partial charge in [-0.15, -0.1) is 0 Å². The fraction of sp³-hybridized carbons (Fsp3) is 0.318. The monoisotopic (exact) mass is 756 g/mol. The van der Waals surface area contributed by atoms with E-state index in [2.05, 4.69) is 71.6 Å². The van der Waals surface area contributed by atoms with Crippen LogP contribution >= 0.6 is 0 Å². The van der Waals surface area contributed by atoms with E-state index >= 15 is 0 Å². The third-order valence-corrected chi connectivity index (χ3v) is 8.25. The van der Waals surface area contributed by atoms with Crippen LogP contribution in [-0.2, 0) is 19.3 Å². The van der Waals surface area contributed by atoms with Crippen molar-refractivity contribution in [1.82, 2.24) is 34.8 Å². The minimum atomic E-state index is 0.274. The Morgan fingerprint density at radius 1 is 0.518 bits per heavy atom. The van der Waals surface area contributed by atoms with E-state index in [-0.39, 0.29) is 5.75 Å². The number of benzene rings is 4. The molecule has 0 spiro atoms. The second-order valence-corrected chi connectivity index (χ2v) is 13.3. The number of phenolic OH excluding ortho intramolecular Hbond substituents is 2. The SMILES string of the molecule is CCCN(C)CCC.Cc1nc(CCCc2ccc(O)cc2)nc(Nc2ccccc2)n1.Cc1nc(NCCc2ccc(O)cc2)nc(Nc2ccccc2)n1. The molecule has 0 radical (unpaired) electrons. The molecule has 0 atom stereocenters. The molecule has 0 saturated carbocycles. The molecule has 0 fully saturated rings. The van der Waals surface area contributed by atoms with Crippen LogP contribution in [0, 0.1) is 13.8 Å². The van der Waals surface area contributed by atoms with Crippen LogP contribution in [0.15, 0.2) is 109 Å². The predicted molar refractivity (Wildman–Crippen MR) is 227 cm³/mol. The van der Waals surface area contributed by atoms with Crippen LogP contribution < -0.4 is 16.0 Å². The molecule has 12 nitrogen and oxygen atoms in total. The molecule has 12 heteroatoms. The average molecular weight is 757 g/mol.